The van der Waals surface area contributed by atoms with Crippen molar-refractivity contribution in [2.75, 3.05) is 0 Å². The number of carboxylic acid groups (broad SMARTS) is 1. The van der Waals surface area contributed by atoms with Crippen LogP contribution in [0.4, 0.5) is 0 Å². The van der Waals surface area contributed by atoms with E-state index in [1.165, 1.54) is 6.07 Å². The minimum atomic E-state index is -1.08. The van der Waals surface area contributed by atoms with Crippen LogP contribution in [0.5, 0.6) is 5.75 Å². The molecule has 2 aromatic rings. The second-order valence-electron chi connectivity index (χ2n) is 6.97. The summed E-state index contributed by atoms with van der Waals surface area (Å²) >= 11 is 0. The molecule has 0 aliphatic heterocycles. The summed E-state index contributed by atoms with van der Waals surface area (Å²) in [6, 6.07) is 5.58. The van der Waals surface area contributed by atoms with Crippen LogP contribution in [0, 0.1) is 5.92 Å². The Morgan fingerprint density at radius 2 is 1.93 bits per heavy atom. The average Bonchev–Trinajstić information content (AvgIpc) is 2.64. The molecule has 0 saturated heterocycles. The van der Waals surface area contributed by atoms with Crippen molar-refractivity contribution in [1.29, 1.82) is 0 Å². The van der Waals surface area contributed by atoms with E-state index in [1.807, 2.05) is 13.8 Å². The number of fused-ring (bicyclic) bond motifs is 1. The molecule has 0 aliphatic carbocycles. The summed E-state index contributed by atoms with van der Waals surface area (Å²) in [6.45, 7) is 7.20. The van der Waals surface area contributed by atoms with E-state index < -0.39 is 29.6 Å². The number of rotatable bonds is 9. The molecule has 0 radical (unpaired) electrons. The Morgan fingerprint density at radius 3 is 2.54 bits per heavy atom. The Hall–Kier alpha value is -2.83. The number of benzene rings is 1. The van der Waals surface area contributed by atoms with E-state index in [-0.39, 0.29) is 5.92 Å². The van der Waals surface area contributed by atoms with Gasteiger partial charge in [0, 0.05) is 17.5 Å². The predicted octanol–water partition coefficient (Wildman–Crippen LogP) is 3.13. The van der Waals surface area contributed by atoms with Crippen LogP contribution in [0.1, 0.15) is 46.1 Å². The minimum Gasteiger partial charge on any atom is -0.481 e. The standard InChI is InChI=1S/C21H27NO6/c1-5-7-14-10-18(23)28-17-11-15(8-9-16(14)17)27-13(4)20(24)22-19(21(25)26)12(3)6-2/h8-13,19H,5-7H2,1-4H3,(H,22,24)(H,25,26)/t12-,13?,19+/m1/s1. The summed E-state index contributed by atoms with van der Waals surface area (Å²) in [7, 11) is 0. The summed E-state index contributed by atoms with van der Waals surface area (Å²) in [4.78, 5) is 35.5. The van der Waals surface area contributed by atoms with E-state index >= 15 is 0 Å². The fraction of sp³-hybridized carbons (Fsp3) is 0.476. The zero-order chi connectivity index (χ0) is 20.8. The van der Waals surface area contributed by atoms with Gasteiger partial charge in [-0.1, -0.05) is 33.6 Å². The predicted molar refractivity (Wildman–Crippen MR) is 106 cm³/mol. The average molecular weight is 389 g/mol. The van der Waals surface area contributed by atoms with Crippen LogP contribution in [0.3, 0.4) is 0 Å². The van der Waals surface area contributed by atoms with E-state index in [9.17, 15) is 19.5 Å². The Labute approximate surface area is 163 Å². The van der Waals surface area contributed by atoms with E-state index in [4.69, 9.17) is 9.15 Å². The number of aliphatic carboxylic acids is 1. The highest BCUT2D eigenvalue weighted by molar-refractivity contribution is 5.86. The third-order valence-corrected chi connectivity index (χ3v) is 4.78. The lowest BCUT2D eigenvalue weighted by Crippen LogP contribution is -2.49. The lowest BCUT2D eigenvalue weighted by Gasteiger charge is -2.22. The number of hydrogen-bond donors (Lipinski definition) is 2. The number of carbonyl (C=O) groups is 2. The van der Waals surface area contributed by atoms with Crippen LogP contribution in [-0.4, -0.2) is 29.1 Å². The van der Waals surface area contributed by atoms with Crippen molar-refractivity contribution in [1.82, 2.24) is 5.32 Å². The van der Waals surface area contributed by atoms with Gasteiger partial charge in [-0.05, 0) is 37.0 Å². The third-order valence-electron chi connectivity index (χ3n) is 4.78. The molecule has 1 unspecified atom stereocenters. The summed E-state index contributed by atoms with van der Waals surface area (Å²) in [6.07, 6.45) is 1.37. The molecule has 0 aliphatic rings. The zero-order valence-electron chi connectivity index (χ0n) is 16.7. The maximum atomic E-state index is 12.4. The molecule has 0 saturated carbocycles. The van der Waals surface area contributed by atoms with Gasteiger partial charge >= 0.3 is 11.6 Å². The number of aryl methyl sites for hydroxylation is 1. The molecule has 0 bridgehead atoms. The van der Waals surface area contributed by atoms with Gasteiger partial charge in [0.05, 0.1) is 0 Å². The molecule has 152 valence electrons. The van der Waals surface area contributed by atoms with Crippen LogP contribution < -0.4 is 15.7 Å². The fourth-order valence-corrected chi connectivity index (χ4v) is 2.97. The monoisotopic (exact) mass is 389 g/mol. The van der Waals surface area contributed by atoms with Gasteiger partial charge in [-0.2, -0.15) is 0 Å². The maximum Gasteiger partial charge on any atom is 0.336 e. The van der Waals surface area contributed by atoms with Crippen LogP contribution >= 0.6 is 0 Å². The first-order valence-corrected chi connectivity index (χ1v) is 9.53. The topological polar surface area (TPSA) is 106 Å². The van der Waals surface area contributed by atoms with Crippen LogP contribution in [0.25, 0.3) is 11.0 Å². The van der Waals surface area contributed by atoms with E-state index in [0.29, 0.717) is 17.8 Å². The molecule has 2 N–H and O–H groups in total. The smallest absolute Gasteiger partial charge is 0.336 e. The Balaban J connectivity index is 2.18. The molecule has 2 rings (SSSR count). The van der Waals surface area contributed by atoms with Crippen molar-refractivity contribution < 1.29 is 23.8 Å². The highest BCUT2D eigenvalue weighted by Gasteiger charge is 2.28. The first-order chi connectivity index (χ1) is 13.3. The molecule has 1 amide bonds. The molecule has 0 fully saturated rings. The molecule has 7 nitrogen and oxygen atoms in total. The highest BCUT2D eigenvalue weighted by Crippen LogP contribution is 2.24. The van der Waals surface area contributed by atoms with Gasteiger partial charge in [0.2, 0.25) is 0 Å². The van der Waals surface area contributed by atoms with E-state index in [0.717, 1.165) is 23.8 Å². The van der Waals surface area contributed by atoms with Gasteiger partial charge < -0.3 is 19.6 Å². The van der Waals surface area contributed by atoms with Crippen molar-refractivity contribution in [2.45, 2.75) is 59.1 Å². The SMILES string of the molecule is CCCc1cc(=O)oc2cc(OC(C)C(=O)N[C@H](C(=O)O)[C@H](C)CC)ccc12. The maximum absolute atomic E-state index is 12.4. The first-order valence-electron chi connectivity index (χ1n) is 9.53. The van der Waals surface area contributed by atoms with Crippen molar-refractivity contribution in [2.24, 2.45) is 5.92 Å². The van der Waals surface area contributed by atoms with Gasteiger partial charge in [-0.15, -0.1) is 0 Å². The number of nitrogens with one attached hydrogen (secondary N) is 1. The Morgan fingerprint density at radius 1 is 1.21 bits per heavy atom. The zero-order valence-corrected chi connectivity index (χ0v) is 16.7. The molecule has 1 heterocycles. The molecule has 3 atom stereocenters. The number of amides is 1. The van der Waals surface area contributed by atoms with E-state index in [2.05, 4.69) is 5.32 Å². The number of carbonyl (C=O) groups excluding carboxylic acids is 1. The molecular weight excluding hydrogens is 362 g/mol. The minimum absolute atomic E-state index is 0.208. The van der Waals surface area contributed by atoms with Crippen molar-refractivity contribution in [3.05, 3.63) is 40.2 Å². The Bertz CT molecular complexity index is 903. The van der Waals surface area contributed by atoms with Gasteiger partial charge in [-0.25, -0.2) is 9.59 Å². The van der Waals surface area contributed by atoms with E-state index in [1.54, 1.807) is 32.0 Å². The number of hydrogen-bond acceptors (Lipinski definition) is 5. The second-order valence-corrected chi connectivity index (χ2v) is 6.97. The summed E-state index contributed by atoms with van der Waals surface area (Å²) in [5.74, 6) is -1.44. The molecule has 0 spiro atoms. The number of carboxylic acids is 1. The molecule has 28 heavy (non-hydrogen) atoms. The van der Waals surface area contributed by atoms with Crippen molar-refractivity contribution >= 4 is 22.8 Å². The number of ether oxygens (including phenoxy) is 1. The van der Waals surface area contributed by atoms with Gasteiger partial charge in [0.15, 0.2) is 6.10 Å². The largest absolute Gasteiger partial charge is 0.481 e. The lowest BCUT2D eigenvalue weighted by molar-refractivity contribution is -0.144. The normalized spacial score (nSPS) is 14.3. The summed E-state index contributed by atoms with van der Waals surface area (Å²) in [5.41, 5.74) is 0.866. The lowest BCUT2D eigenvalue weighted by atomic mass is 9.99. The summed E-state index contributed by atoms with van der Waals surface area (Å²) in [5, 5.41) is 12.7. The van der Waals surface area contributed by atoms with Crippen LogP contribution in [0.15, 0.2) is 33.5 Å². The first kappa shape index (κ1) is 21.5. The summed E-state index contributed by atoms with van der Waals surface area (Å²) < 4.78 is 10.9. The molecular formula is C21H27NO6. The van der Waals surface area contributed by atoms with Gasteiger partial charge in [0.1, 0.15) is 17.4 Å². The fourth-order valence-electron chi connectivity index (χ4n) is 2.97. The van der Waals surface area contributed by atoms with Crippen LogP contribution in [-0.2, 0) is 16.0 Å². The van der Waals surface area contributed by atoms with Crippen molar-refractivity contribution in [3.8, 4) is 5.75 Å². The highest BCUT2D eigenvalue weighted by atomic mass is 16.5. The van der Waals surface area contributed by atoms with Gasteiger partial charge in [0.25, 0.3) is 5.91 Å². The van der Waals surface area contributed by atoms with Gasteiger partial charge in [-0.3, -0.25) is 4.79 Å². The third kappa shape index (κ3) is 5.12. The molecule has 7 heteroatoms. The van der Waals surface area contributed by atoms with Crippen LogP contribution in [0.2, 0.25) is 0 Å². The Kier molecular flexibility index (Phi) is 7.20. The second kappa shape index (κ2) is 9.39. The van der Waals surface area contributed by atoms with Crippen molar-refractivity contribution in [3.63, 3.8) is 0 Å². The quantitative estimate of drug-likeness (QED) is 0.638. The molecule has 1 aromatic heterocycles. The molecule has 1 aromatic carbocycles.